The van der Waals surface area contributed by atoms with E-state index in [9.17, 15) is 9.18 Å². The minimum absolute atomic E-state index is 0.262. The third-order valence-electron chi connectivity index (χ3n) is 4.47. The van der Waals surface area contributed by atoms with Crippen molar-refractivity contribution < 1.29 is 18.7 Å². The van der Waals surface area contributed by atoms with E-state index >= 15 is 0 Å². The van der Waals surface area contributed by atoms with Crippen LogP contribution in [0.2, 0.25) is 0 Å². The Balaban J connectivity index is 1.82. The zero-order valence-corrected chi connectivity index (χ0v) is 17.6. The summed E-state index contributed by atoms with van der Waals surface area (Å²) < 4.78 is 25.0. The predicted molar refractivity (Wildman–Crippen MR) is 120 cm³/mol. The first-order valence-corrected chi connectivity index (χ1v) is 10.1. The van der Waals surface area contributed by atoms with Crippen molar-refractivity contribution in [3.05, 3.63) is 83.7 Å². The number of nitrogens with zero attached hydrogens (tertiary/aromatic N) is 3. The molecular weight excluding hydrogens is 417 g/mol. The molecular formula is C23H18FN3O3S. The van der Waals surface area contributed by atoms with Crippen LogP contribution in [0.1, 0.15) is 15.9 Å². The number of fused-ring (bicyclic) bond motifs is 1. The topological polar surface area (TPSA) is 64.0 Å². The van der Waals surface area contributed by atoms with Crippen LogP contribution < -0.4 is 14.5 Å². The van der Waals surface area contributed by atoms with Gasteiger partial charge in [0, 0.05) is 0 Å². The van der Waals surface area contributed by atoms with Gasteiger partial charge in [-0.05, 0) is 35.9 Å². The lowest BCUT2D eigenvalue weighted by Crippen LogP contribution is -2.26. The zero-order valence-electron chi connectivity index (χ0n) is 16.8. The normalized spacial score (nSPS) is 11.1. The molecule has 0 radical (unpaired) electrons. The molecule has 0 atom stereocenters. The first kappa shape index (κ1) is 20.5. The molecule has 1 amide bonds. The van der Waals surface area contributed by atoms with Gasteiger partial charge in [-0.15, -0.1) is 0 Å². The van der Waals surface area contributed by atoms with E-state index in [-0.39, 0.29) is 11.4 Å². The zero-order chi connectivity index (χ0) is 21.8. The van der Waals surface area contributed by atoms with Crippen LogP contribution in [0.25, 0.3) is 10.2 Å². The minimum Gasteiger partial charge on any atom is -0.493 e. The summed E-state index contributed by atoms with van der Waals surface area (Å²) >= 11 is 1.17. The summed E-state index contributed by atoms with van der Waals surface area (Å²) in [6, 6.07) is 18.7. The van der Waals surface area contributed by atoms with Crippen LogP contribution in [0.3, 0.4) is 0 Å². The maximum atomic E-state index is 13.7. The van der Waals surface area contributed by atoms with E-state index in [2.05, 4.69) is 10.1 Å². The van der Waals surface area contributed by atoms with Crippen molar-refractivity contribution in [1.82, 2.24) is 4.98 Å². The quantitative estimate of drug-likeness (QED) is 0.311. The van der Waals surface area contributed by atoms with Crippen LogP contribution in [0, 0.1) is 5.82 Å². The summed E-state index contributed by atoms with van der Waals surface area (Å²) in [5.74, 6) is -0.112. The van der Waals surface area contributed by atoms with Gasteiger partial charge in [-0.25, -0.2) is 9.37 Å². The Bertz CT molecular complexity index is 1260. The Kier molecular flexibility index (Phi) is 5.90. The largest absolute Gasteiger partial charge is 0.493 e. The number of rotatable bonds is 6. The second-order valence-electron chi connectivity index (χ2n) is 6.42. The van der Waals surface area contributed by atoms with Gasteiger partial charge in [0.1, 0.15) is 5.82 Å². The number of halogens is 1. The number of thiazole rings is 1. The lowest BCUT2D eigenvalue weighted by Gasteiger charge is -2.17. The fourth-order valence-electron chi connectivity index (χ4n) is 3.00. The van der Waals surface area contributed by atoms with Crippen LogP contribution >= 0.6 is 11.3 Å². The number of methoxy groups -OCH3 is 2. The lowest BCUT2D eigenvalue weighted by molar-refractivity contribution is 0.0984. The lowest BCUT2D eigenvalue weighted by atomic mass is 10.1. The van der Waals surface area contributed by atoms with Crippen molar-refractivity contribution in [2.45, 2.75) is 0 Å². The third-order valence-corrected chi connectivity index (χ3v) is 5.46. The first-order valence-electron chi connectivity index (χ1n) is 9.31. The Hall–Kier alpha value is -3.78. The summed E-state index contributed by atoms with van der Waals surface area (Å²) in [7, 11) is 2.96. The molecule has 0 N–H and O–H groups in total. The standard InChI is InChI=1S/C23H18FN3O3S/c1-29-19-10-6-9-17(21(19)30-2)22(28)27(25-14-15-7-4-3-5-8-15)23-26-18-12-11-16(24)13-20(18)31-23/h3-14H,1-2H3/b25-14+. The van der Waals surface area contributed by atoms with Gasteiger partial charge < -0.3 is 9.47 Å². The second-order valence-corrected chi connectivity index (χ2v) is 7.43. The number of hydrazone groups is 1. The molecule has 0 spiro atoms. The van der Waals surface area contributed by atoms with Gasteiger partial charge in [0.25, 0.3) is 5.91 Å². The van der Waals surface area contributed by atoms with E-state index in [1.54, 1.807) is 30.5 Å². The smallest absolute Gasteiger partial charge is 0.284 e. The van der Waals surface area contributed by atoms with Crippen LogP contribution in [0.4, 0.5) is 9.52 Å². The molecule has 8 heteroatoms. The summed E-state index contributed by atoms with van der Waals surface area (Å²) in [6.07, 6.45) is 1.57. The molecule has 1 heterocycles. The Morgan fingerprint density at radius 1 is 1.06 bits per heavy atom. The highest BCUT2D eigenvalue weighted by molar-refractivity contribution is 7.22. The minimum atomic E-state index is -0.456. The van der Waals surface area contributed by atoms with E-state index in [1.165, 1.54) is 42.7 Å². The molecule has 0 unspecified atom stereocenters. The first-order chi connectivity index (χ1) is 15.1. The third kappa shape index (κ3) is 4.24. The van der Waals surface area contributed by atoms with Crippen molar-refractivity contribution >= 4 is 38.8 Å². The van der Waals surface area contributed by atoms with Gasteiger partial charge in [-0.1, -0.05) is 47.7 Å². The number of carbonyl (C=O) groups is 1. The van der Waals surface area contributed by atoms with Crippen LogP contribution in [0.15, 0.2) is 71.8 Å². The number of anilines is 1. The molecule has 0 aliphatic heterocycles. The average molecular weight is 435 g/mol. The van der Waals surface area contributed by atoms with Crippen molar-refractivity contribution in [3.63, 3.8) is 0 Å². The molecule has 0 aliphatic carbocycles. The van der Waals surface area contributed by atoms with Crippen LogP contribution in [0.5, 0.6) is 11.5 Å². The van der Waals surface area contributed by atoms with Crippen LogP contribution in [-0.4, -0.2) is 31.3 Å². The Morgan fingerprint density at radius 2 is 1.87 bits per heavy atom. The molecule has 0 aliphatic rings. The number of aromatic nitrogens is 1. The SMILES string of the molecule is COc1cccc(C(=O)N(/N=C/c2ccccc2)c2nc3ccc(F)cc3s2)c1OC. The van der Waals surface area contributed by atoms with E-state index in [0.29, 0.717) is 26.8 Å². The van der Waals surface area contributed by atoms with Gasteiger partial charge in [0.15, 0.2) is 11.5 Å². The summed E-state index contributed by atoms with van der Waals surface area (Å²) in [5.41, 5.74) is 1.65. The van der Waals surface area contributed by atoms with Gasteiger partial charge in [0.05, 0.1) is 36.2 Å². The van der Waals surface area contributed by atoms with Crippen molar-refractivity contribution in [2.75, 3.05) is 19.2 Å². The summed E-state index contributed by atoms with van der Waals surface area (Å²) in [6.45, 7) is 0. The van der Waals surface area contributed by atoms with Crippen molar-refractivity contribution in [3.8, 4) is 11.5 Å². The predicted octanol–water partition coefficient (Wildman–Crippen LogP) is 5.13. The van der Waals surface area contributed by atoms with Gasteiger partial charge in [-0.2, -0.15) is 10.1 Å². The maximum Gasteiger partial charge on any atom is 0.284 e. The number of benzene rings is 3. The van der Waals surface area contributed by atoms with Gasteiger partial charge >= 0.3 is 0 Å². The second kappa shape index (κ2) is 8.93. The highest BCUT2D eigenvalue weighted by atomic mass is 32.1. The monoisotopic (exact) mass is 435 g/mol. The molecule has 6 nitrogen and oxygen atoms in total. The highest BCUT2D eigenvalue weighted by Crippen LogP contribution is 2.35. The molecule has 4 aromatic rings. The maximum absolute atomic E-state index is 13.7. The molecule has 3 aromatic carbocycles. The molecule has 1 aromatic heterocycles. The summed E-state index contributed by atoms with van der Waals surface area (Å²) in [4.78, 5) is 18.0. The van der Waals surface area contributed by atoms with Crippen molar-refractivity contribution in [1.29, 1.82) is 0 Å². The van der Waals surface area contributed by atoms with Crippen LogP contribution in [-0.2, 0) is 0 Å². The molecule has 4 rings (SSSR count). The molecule has 156 valence electrons. The Morgan fingerprint density at radius 3 is 2.61 bits per heavy atom. The number of carbonyl (C=O) groups excluding carboxylic acids is 1. The number of hydrogen-bond acceptors (Lipinski definition) is 6. The van der Waals surface area contributed by atoms with Crippen molar-refractivity contribution in [2.24, 2.45) is 5.10 Å². The molecule has 31 heavy (non-hydrogen) atoms. The van der Waals surface area contributed by atoms with Gasteiger partial charge in [0.2, 0.25) is 5.13 Å². The average Bonchev–Trinajstić information content (AvgIpc) is 3.21. The number of amides is 1. The van der Waals surface area contributed by atoms with E-state index in [0.717, 1.165) is 5.56 Å². The fourth-order valence-corrected chi connectivity index (χ4v) is 3.95. The number of ether oxygens (including phenoxy) is 2. The number of para-hydroxylation sites is 1. The van der Waals surface area contributed by atoms with Gasteiger partial charge in [-0.3, -0.25) is 4.79 Å². The van der Waals surface area contributed by atoms with E-state index in [1.807, 2.05) is 30.3 Å². The molecule has 0 saturated heterocycles. The van der Waals surface area contributed by atoms with E-state index < -0.39 is 5.91 Å². The number of hydrogen-bond donors (Lipinski definition) is 0. The molecule has 0 bridgehead atoms. The van der Waals surface area contributed by atoms with E-state index in [4.69, 9.17) is 9.47 Å². The summed E-state index contributed by atoms with van der Waals surface area (Å²) in [5, 5.41) is 5.90. The Labute approximate surface area is 182 Å². The molecule has 0 fully saturated rings. The molecule has 0 saturated carbocycles. The fraction of sp³-hybridized carbons (Fsp3) is 0.0870. The highest BCUT2D eigenvalue weighted by Gasteiger charge is 2.25.